The van der Waals surface area contributed by atoms with Gasteiger partial charge in [0.15, 0.2) is 0 Å². The van der Waals surface area contributed by atoms with Gasteiger partial charge < -0.3 is 14.8 Å². The Morgan fingerprint density at radius 2 is 2.57 bits per heavy atom. The van der Waals surface area contributed by atoms with E-state index in [0.717, 1.165) is 5.69 Å². The summed E-state index contributed by atoms with van der Waals surface area (Å²) in [6, 6.07) is 0.140. The topological polar surface area (TPSA) is 43.4 Å². The van der Waals surface area contributed by atoms with Crippen LogP contribution in [0.5, 0.6) is 0 Å². The zero-order valence-corrected chi connectivity index (χ0v) is 8.92. The minimum atomic E-state index is 0.0795. The standard InChI is InChI=1S/C9H14N2O2S/c1-10-9(7-5-14-6-11-7)8-4-12-2-3-13-8/h5-6,8-10H,2-4H2,1H3. The predicted molar refractivity (Wildman–Crippen MR) is 54.5 cm³/mol. The number of thiazole rings is 1. The molecule has 1 aromatic heterocycles. The van der Waals surface area contributed by atoms with Gasteiger partial charge in [-0.05, 0) is 7.05 Å². The van der Waals surface area contributed by atoms with Crippen molar-refractivity contribution in [3.05, 3.63) is 16.6 Å². The van der Waals surface area contributed by atoms with Crippen LogP contribution >= 0.6 is 11.3 Å². The number of hydrogen-bond acceptors (Lipinski definition) is 5. The average Bonchev–Trinajstić information content (AvgIpc) is 2.74. The lowest BCUT2D eigenvalue weighted by atomic mass is 10.1. The molecule has 1 aromatic rings. The lowest BCUT2D eigenvalue weighted by Crippen LogP contribution is -2.39. The second-order valence-corrected chi connectivity index (χ2v) is 3.88. The van der Waals surface area contributed by atoms with Gasteiger partial charge in [-0.2, -0.15) is 0 Å². The second kappa shape index (κ2) is 4.84. The van der Waals surface area contributed by atoms with Crippen LogP contribution in [-0.4, -0.2) is 38.0 Å². The Hall–Kier alpha value is -0.490. The number of ether oxygens (including phenoxy) is 2. The van der Waals surface area contributed by atoms with Gasteiger partial charge in [0, 0.05) is 5.38 Å². The van der Waals surface area contributed by atoms with Crippen molar-refractivity contribution in [2.24, 2.45) is 0 Å². The molecule has 0 radical (unpaired) electrons. The zero-order chi connectivity index (χ0) is 9.80. The summed E-state index contributed by atoms with van der Waals surface area (Å²) >= 11 is 1.60. The van der Waals surface area contributed by atoms with Gasteiger partial charge in [-0.15, -0.1) is 11.3 Å². The van der Waals surface area contributed by atoms with Crippen molar-refractivity contribution in [3.63, 3.8) is 0 Å². The highest BCUT2D eigenvalue weighted by Gasteiger charge is 2.26. The van der Waals surface area contributed by atoms with Gasteiger partial charge in [0.2, 0.25) is 0 Å². The van der Waals surface area contributed by atoms with Crippen molar-refractivity contribution >= 4 is 11.3 Å². The molecular weight excluding hydrogens is 200 g/mol. The maximum atomic E-state index is 5.63. The van der Waals surface area contributed by atoms with Crippen LogP contribution in [0.2, 0.25) is 0 Å². The third-order valence-corrected chi connectivity index (χ3v) is 2.90. The minimum absolute atomic E-state index is 0.0795. The molecule has 2 heterocycles. The zero-order valence-electron chi connectivity index (χ0n) is 8.10. The maximum Gasteiger partial charge on any atom is 0.102 e. The molecule has 5 heteroatoms. The van der Waals surface area contributed by atoms with E-state index in [1.165, 1.54) is 0 Å². The number of nitrogens with zero attached hydrogens (tertiary/aromatic N) is 1. The Balaban J connectivity index is 2.04. The van der Waals surface area contributed by atoms with Crippen LogP contribution in [0.3, 0.4) is 0 Å². The number of nitrogens with one attached hydrogen (secondary N) is 1. The van der Waals surface area contributed by atoms with E-state index in [1.807, 2.05) is 17.9 Å². The molecule has 4 nitrogen and oxygen atoms in total. The van der Waals surface area contributed by atoms with Crippen molar-refractivity contribution in [1.29, 1.82) is 0 Å². The van der Waals surface area contributed by atoms with Gasteiger partial charge in [-0.3, -0.25) is 0 Å². The van der Waals surface area contributed by atoms with E-state index in [4.69, 9.17) is 9.47 Å². The first kappa shape index (κ1) is 10.0. The van der Waals surface area contributed by atoms with Gasteiger partial charge >= 0.3 is 0 Å². The summed E-state index contributed by atoms with van der Waals surface area (Å²) < 4.78 is 11.0. The van der Waals surface area contributed by atoms with Crippen molar-refractivity contribution in [3.8, 4) is 0 Å². The molecule has 2 atom stereocenters. The summed E-state index contributed by atoms with van der Waals surface area (Å²) in [5.74, 6) is 0. The number of aromatic nitrogens is 1. The molecule has 1 aliphatic heterocycles. The van der Waals surface area contributed by atoms with Crippen LogP contribution in [0.15, 0.2) is 10.9 Å². The molecule has 2 unspecified atom stereocenters. The molecule has 0 aliphatic carbocycles. The average molecular weight is 214 g/mol. The number of hydrogen-bond donors (Lipinski definition) is 1. The summed E-state index contributed by atoms with van der Waals surface area (Å²) in [6.07, 6.45) is 0.0795. The Morgan fingerprint density at radius 1 is 1.64 bits per heavy atom. The molecule has 1 aliphatic rings. The largest absolute Gasteiger partial charge is 0.376 e. The Morgan fingerprint density at radius 3 is 3.14 bits per heavy atom. The molecule has 0 amide bonds. The molecule has 78 valence electrons. The highest BCUT2D eigenvalue weighted by molar-refractivity contribution is 7.07. The first-order valence-electron chi connectivity index (χ1n) is 4.66. The fraction of sp³-hybridized carbons (Fsp3) is 0.667. The van der Waals surface area contributed by atoms with Crippen LogP contribution in [-0.2, 0) is 9.47 Å². The van der Waals surface area contributed by atoms with Crippen LogP contribution in [0.25, 0.3) is 0 Å². The number of likely N-dealkylation sites (N-methyl/N-ethyl adjacent to an activating group) is 1. The van der Waals surface area contributed by atoms with Gasteiger partial charge in [-0.25, -0.2) is 4.98 Å². The van der Waals surface area contributed by atoms with Crippen LogP contribution in [0.1, 0.15) is 11.7 Å². The monoisotopic (exact) mass is 214 g/mol. The van der Waals surface area contributed by atoms with E-state index >= 15 is 0 Å². The maximum absolute atomic E-state index is 5.63. The molecule has 1 N–H and O–H groups in total. The molecule has 0 spiro atoms. The molecule has 14 heavy (non-hydrogen) atoms. The molecule has 0 aromatic carbocycles. The van der Waals surface area contributed by atoms with Crippen LogP contribution in [0.4, 0.5) is 0 Å². The molecule has 2 rings (SSSR count). The highest BCUT2D eigenvalue weighted by Crippen LogP contribution is 2.20. The first-order chi connectivity index (χ1) is 6.92. The predicted octanol–water partition coefficient (Wildman–Crippen LogP) is 0.819. The molecule has 0 saturated carbocycles. The fourth-order valence-corrected chi connectivity index (χ4v) is 2.19. The summed E-state index contributed by atoms with van der Waals surface area (Å²) in [5, 5.41) is 5.25. The quantitative estimate of drug-likeness (QED) is 0.809. The van der Waals surface area contributed by atoms with Gasteiger partial charge in [-0.1, -0.05) is 0 Å². The van der Waals surface area contributed by atoms with Gasteiger partial charge in [0.25, 0.3) is 0 Å². The van der Waals surface area contributed by atoms with Gasteiger partial charge in [0.05, 0.1) is 37.1 Å². The van der Waals surface area contributed by atoms with Crippen LogP contribution in [0, 0.1) is 0 Å². The van der Waals surface area contributed by atoms with E-state index in [1.54, 1.807) is 11.3 Å². The fourth-order valence-electron chi connectivity index (χ4n) is 1.60. The van der Waals surface area contributed by atoms with E-state index < -0.39 is 0 Å². The van der Waals surface area contributed by atoms with E-state index in [9.17, 15) is 0 Å². The lowest BCUT2D eigenvalue weighted by molar-refractivity contribution is -0.102. The van der Waals surface area contributed by atoms with Crippen molar-refractivity contribution < 1.29 is 9.47 Å². The normalized spacial score (nSPS) is 24.8. The molecule has 1 fully saturated rings. The van der Waals surface area contributed by atoms with Crippen molar-refractivity contribution in [2.75, 3.05) is 26.9 Å². The Kier molecular flexibility index (Phi) is 3.47. The summed E-state index contributed by atoms with van der Waals surface area (Å²) in [7, 11) is 1.92. The third-order valence-electron chi connectivity index (χ3n) is 2.29. The highest BCUT2D eigenvalue weighted by atomic mass is 32.1. The lowest BCUT2D eigenvalue weighted by Gasteiger charge is -2.29. The molecule has 1 saturated heterocycles. The minimum Gasteiger partial charge on any atom is -0.376 e. The van der Waals surface area contributed by atoms with Crippen molar-refractivity contribution in [1.82, 2.24) is 10.3 Å². The third kappa shape index (κ3) is 2.12. The second-order valence-electron chi connectivity index (χ2n) is 3.16. The molecular formula is C9H14N2O2S. The van der Waals surface area contributed by atoms with E-state index in [-0.39, 0.29) is 12.1 Å². The summed E-state index contributed by atoms with van der Waals surface area (Å²) in [5.41, 5.74) is 2.87. The SMILES string of the molecule is CNC(c1cscn1)C1COCCO1. The number of rotatable bonds is 3. The first-order valence-corrected chi connectivity index (χ1v) is 5.61. The Labute approximate surface area is 87.3 Å². The van der Waals surface area contributed by atoms with E-state index in [0.29, 0.717) is 19.8 Å². The molecule has 0 bridgehead atoms. The Bertz CT molecular complexity index is 260. The summed E-state index contributed by atoms with van der Waals surface area (Å²) in [4.78, 5) is 4.28. The van der Waals surface area contributed by atoms with Gasteiger partial charge in [0.1, 0.15) is 6.10 Å². The van der Waals surface area contributed by atoms with E-state index in [2.05, 4.69) is 10.3 Å². The van der Waals surface area contributed by atoms with Crippen molar-refractivity contribution in [2.45, 2.75) is 12.1 Å². The smallest absolute Gasteiger partial charge is 0.102 e. The van der Waals surface area contributed by atoms with Crippen LogP contribution < -0.4 is 5.32 Å². The summed E-state index contributed by atoms with van der Waals surface area (Å²) in [6.45, 7) is 2.01.